The molecule has 3 atom stereocenters. The summed E-state index contributed by atoms with van der Waals surface area (Å²) in [6, 6.07) is 8.79. The monoisotopic (exact) mass is 259 g/mol. The number of nitrogens with zero attached hydrogens (tertiary/aromatic N) is 1. The molecule has 19 heavy (non-hydrogen) atoms. The van der Waals surface area contributed by atoms with E-state index in [0.29, 0.717) is 19.4 Å². The molecule has 2 aliphatic heterocycles. The Kier molecular flexibility index (Phi) is 2.98. The molecule has 0 aliphatic carbocycles. The van der Waals surface area contributed by atoms with E-state index in [9.17, 15) is 9.59 Å². The maximum atomic E-state index is 12.4. The van der Waals surface area contributed by atoms with Crippen LogP contribution < -0.4 is 11.1 Å². The lowest BCUT2D eigenvalue weighted by atomic mass is 10.0. The zero-order valence-corrected chi connectivity index (χ0v) is 10.6. The Bertz CT molecular complexity index is 503. The number of rotatable bonds is 2. The predicted molar refractivity (Wildman–Crippen MR) is 70.2 cm³/mol. The van der Waals surface area contributed by atoms with E-state index in [4.69, 9.17) is 5.73 Å². The molecule has 1 aromatic rings. The van der Waals surface area contributed by atoms with Crippen molar-refractivity contribution in [1.82, 2.24) is 10.2 Å². The number of benzene rings is 1. The second-order valence-corrected chi connectivity index (χ2v) is 5.25. The SMILES string of the molecule is N[C@@H]1C[C@H]2C(=O)N[C@@H](Cc3ccccc3)C(=O)N2C1. The summed E-state index contributed by atoms with van der Waals surface area (Å²) in [5, 5.41) is 2.82. The van der Waals surface area contributed by atoms with E-state index in [2.05, 4.69) is 5.32 Å². The molecule has 3 rings (SSSR count). The van der Waals surface area contributed by atoms with Gasteiger partial charge in [-0.1, -0.05) is 30.3 Å². The topological polar surface area (TPSA) is 75.4 Å². The van der Waals surface area contributed by atoms with Gasteiger partial charge in [-0.15, -0.1) is 0 Å². The Morgan fingerprint density at radius 3 is 2.74 bits per heavy atom. The normalized spacial score (nSPS) is 30.2. The summed E-state index contributed by atoms with van der Waals surface area (Å²) >= 11 is 0. The molecule has 2 saturated heterocycles. The van der Waals surface area contributed by atoms with Gasteiger partial charge in [0.15, 0.2) is 0 Å². The summed E-state index contributed by atoms with van der Waals surface area (Å²) in [5.41, 5.74) is 6.89. The molecule has 2 aliphatic rings. The van der Waals surface area contributed by atoms with E-state index in [-0.39, 0.29) is 23.9 Å². The van der Waals surface area contributed by atoms with Crippen LogP contribution >= 0.6 is 0 Å². The van der Waals surface area contributed by atoms with Crippen molar-refractivity contribution in [3.8, 4) is 0 Å². The lowest BCUT2D eigenvalue weighted by Gasteiger charge is -2.34. The first kappa shape index (κ1) is 12.2. The predicted octanol–water partition coefficient (Wildman–Crippen LogP) is -0.344. The standard InChI is InChI=1S/C14H17N3O2/c15-10-7-12-13(18)16-11(14(19)17(12)8-10)6-9-4-2-1-3-5-9/h1-5,10-12H,6-8,15H2,(H,16,18)/t10-,11+,12+/m1/s1. The first-order valence-electron chi connectivity index (χ1n) is 6.55. The minimum absolute atomic E-state index is 0.0126. The fourth-order valence-electron chi connectivity index (χ4n) is 2.88. The summed E-state index contributed by atoms with van der Waals surface area (Å²) in [6.07, 6.45) is 1.10. The van der Waals surface area contributed by atoms with Crippen LogP contribution in [0, 0.1) is 0 Å². The van der Waals surface area contributed by atoms with Crippen molar-refractivity contribution >= 4 is 11.8 Å². The molecule has 0 spiro atoms. The zero-order chi connectivity index (χ0) is 13.4. The summed E-state index contributed by atoms with van der Waals surface area (Å²) in [5.74, 6) is -0.0881. The van der Waals surface area contributed by atoms with E-state index >= 15 is 0 Å². The highest BCUT2D eigenvalue weighted by molar-refractivity contribution is 5.97. The average molecular weight is 259 g/mol. The maximum Gasteiger partial charge on any atom is 0.246 e. The number of hydrogen-bond donors (Lipinski definition) is 2. The Morgan fingerprint density at radius 2 is 2.00 bits per heavy atom. The van der Waals surface area contributed by atoms with Gasteiger partial charge in [0.25, 0.3) is 0 Å². The zero-order valence-electron chi connectivity index (χ0n) is 10.6. The van der Waals surface area contributed by atoms with Gasteiger partial charge in [-0.2, -0.15) is 0 Å². The van der Waals surface area contributed by atoms with Crippen LogP contribution in [-0.4, -0.2) is 41.4 Å². The molecule has 5 heteroatoms. The van der Waals surface area contributed by atoms with E-state index < -0.39 is 6.04 Å². The molecule has 0 saturated carbocycles. The van der Waals surface area contributed by atoms with Gasteiger partial charge in [0.05, 0.1) is 0 Å². The average Bonchev–Trinajstić information content (AvgIpc) is 2.80. The van der Waals surface area contributed by atoms with Crippen LogP contribution in [0.25, 0.3) is 0 Å². The molecule has 5 nitrogen and oxygen atoms in total. The van der Waals surface area contributed by atoms with Crippen molar-refractivity contribution in [2.45, 2.75) is 31.0 Å². The summed E-state index contributed by atoms with van der Waals surface area (Å²) in [4.78, 5) is 26.0. The lowest BCUT2D eigenvalue weighted by Crippen LogP contribution is -2.61. The quantitative estimate of drug-likeness (QED) is 0.762. The summed E-state index contributed by atoms with van der Waals surface area (Å²) in [7, 11) is 0. The Labute approximate surface area is 111 Å². The van der Waals surface area contributed by atoms with Crippen LogP contribution in [0.1, 0.15) is 12.0 Å². The number of amides is 2. The van der Waals surface area contributed by atoms with Crippen molar-refractivity contribution in [1.29, 1.82) is 0 Å². The number of piperazine rings is 1. The summed E-state index contributed by atoms with van der Waals surface area (Å²) in [6.45, 7) is 0.488. The molecular formula is C14H17N3O2. The number of carbonyl (C=O) groups is 2. The Balaban J connectivity index is 1.77. The molecule has 2 fully saturated rings. The van der Waals surface area contributed by atoms with Crippen LogP contribution in [0.5, 0.6) is 0 Å². The van der Waals surface area contributed by atoms with E-state index in [1.165, 1.54) is 0 Å². The van der Waals surface area contributed by atoms with Gasteiger partial charge < -0.3 is 16.0 Å². The van der Waals surface area contributed by atoms with Crippen molar-refractivity contribution < 1.29 is 9.59 Å². The van der Waals surface area contributed by atoms with Crippen LogP contribution in [0.3, 0.4) is 0 Å². The van der Waals surface area contributed by atoms with Gasteiger partial charge in [0.1, 0.15) is 12.1 Å². The van der Waals surface area contributed by atoms with E-state index in [0.717, 1.165) is 5.56 Å². The molecule has 3 N–H and O–H groups in total. The molecule has 0 bridgehead atoms. The van der Waals surface area contributed by atoms with Gasteiger partial charge in [-0.05, 0) is 12.0 Å². The van der Waals surface area contributed by atoms with Crippen LogP contribution in [-0.2, 0) is 16.0 Å². The molecular weight excluding hydrogens is 242 g/mol. The number of nitrogens with one attached hydrogen (secondary N) is 1. The second kappa shape index (κ2) is 4.66. The van der Waals surface area contributed by atoms with Crippen molar-refractivity contribution in [3.05, 3.63) is 35.9 Å². The van der Waals surface area contributed by atoms with Gasteiger partial charge in [0.2, 0.25) is 11.8 Å². The highest BCUT2D eigenvalue weighted by atomic mass is 16.2. The first-order valence-corrected chi connectivity index (χ1v) is 6.55. The van der Waals surface area contributed by atoms with Gasteiger partial charge in [0, 0.05) is 19.0 Å². The first-order chi connectivity index (χ1) is 9.15. The van der Waals surface area contributed by atoms with Crippen molar-refractivity contribution in [2.75, 3.05) is 6.54 Å². The van der Waals surface area contributed by atoms with Crippen molar-refractivity contribution in [2.24, 2.45) is 5.73 Å². The highest BCUT2D eigenvalue weighted by Gasteiger charge is 2.45. The smallest absolute Gasteiger partial charge is 0.246 e. The van der Waals surface area contributed by atoms with Gasteiger partial charge >= 0.3 is 0 Å². The molecule has 0 radical (unpaired) electrons. The molecule has 2 amide bonds. The number of hydrogen-bond acceptors (Lipinski definition) is 3. The fraction of sp³-hybridized carbons (Fsp3) is 0.429. The second-order valence-electron chi connectivity index (χ2n) is 5.25. The Hall–Kier alpha value is -1.88. The molecule has 1 aromatic carbocycles. The molecule has 0 unspecified atom stereocenters. The maximum absolute atomic E-state index is 12.4. The number of fused-ring (bicyclic) bond motifs is 1. The summed E-state index contributed by atoms with van der Waals surface area (Å²) < 4.78 is 0. The molecule has 100 valence electrons. The number of nitrogens with two attached hydrogens (primary N) is 1. The van der Waals surface area contributed by atoms with Crippen LogP contribution in [0.15, 0.2) is 30.3 Å². The van der Waals surface area contributed by atoms with Gasteiger partial charge in [-0.3, -0.25) is 9.59 Å². The number of carbonyl (C=O) groups excluding carboxylic acids is 2. The molecule has 0 aromatic heterocycles. The van der Waals surface area contributed by atoms with E-state index in [1.54, 1.807) is 4.90 Å². The minimum atomic E-state index is -0.462. The third-order valence-electron chi connectivity index (χ3n) is 3.82. The van der Waals surface area contributed by atoms with Crippen LogP contribution in [0.4, 0.5) is 0 Å². The third kappa shape index (κ3) is 2.21. The van der Waals surface area contributed by atoms with E-state index in [1.807, 2.05) is 30.3 Å². The lowest BCUT2D eigenvalue weighted by molar-refractivity contribution is -0.146. The van der Waals surface area contributed by atoms with Gasteiger partial charge in [-0.25, -0.2) is 0 Å². The highest BCUT2D eigenvalue weighted by Crippen LogP contribution is 2.22. The molecule has 2 heterocycles. The van der Waals surface area contributed by atoms with Crippen molar-refractivity contribution in [3.63, 3.8) is 0 Å². The minimum Gasteiger partial charge on any atom is -0.342 e. The largest absolute Gasteiger partial charge is 0.342 e. The fourth-order valence-corrected chi connectivity index (χ4v) is 2.88. The van der Waals surface area contributed by atoms with Crippen LogP contribution in [0.2, 0.25) is 0 Å². The Morgan fingerprint density at radius 1 is 1.26 bits per heavy atom. The third-order valence-corrected chi connectivity index (χ3v) is 3.82.